The number of carbonyl (C=O) groups is 1. The van der Waals surface area contributed by atoms with Gasteiger partial charge in [0, 0.05) is 25.0 Å². The van der Waals surface area contributed by atoms with Gasteiger partial charge in [-0.1, -0.05) is 13.0 Å². The van der Waals surface area contributed by atoms with Crippen LogP contribution in [0.5, 0.6) is 0 Å². The van der Waals surface area contributed by atoms with Crippen LogP contribution in [0.25, 0.3) is 11.0 Å². The summed E-state index contributed by atoms with van der Waals surface area (Å²) in [6.45, 7) is 7.33. The fourth-order valence-corrected chi connectivity index (χ4v) is 2.28. The minimum Gasteiger partial charge on any atom is -0.352 e. The largest absolute Gasteiger partial charge is 0.352 e. The normalized spacial score (nSPS) is 13.0. The molecule has 0 saturated heterocycles. The van der Waals surface area contributed by atoms with Crippen LogP contribution in [-0.2, 0) is 11.3 Å². The molecule has 0 bridgehead atoms. The molecule has 120 valence electrons. The number of nitrogens with one attached hydrogen (secondary N) is 3. The summed E-state index contributed by atoms with van der Waals surface area (Å²) in [4.78, 5) is 30.9. The Morgan fingerprint density at radius 3 is 2.59 bits per heavy atom. The highest BCUT2D eigenvalue weighted by molar-refractivity contribution is 5.79. The average Bonchev–Trinajstić information content (AvgIpc) is 2.83. The first-order valence-corrected chi connectivity index (χ1v) is 7.55. The molecular weight excluding hydrogens is 280 g/mol. The summed E-state index contributed by atoms with van der Waals surface area (Å²) in [6.07, 6.45) is 0. The minimum absolute atomic E-state index is 0.0372. The summed E-state index contributed by atoms with van der Waals surface area (Å²) < 4.78 is 0. The number of nitrogens with zero attached hydrogens (tertiary/aromatic N) is 1. The van der Waals surface area contributed by atoms with Crippen LogP contribution >= 0.6 is 0 Å². The summed E-state index contributed by atoms with van der Waals surface area (Å²) in [5.41, 5.74) is 2.26. The van der Waals surface area contributed by atoms with Crippen LogP contribution in [-0.4, -0.2) is 40.4 Å². The van der Waals surface area contributed by atoms with Gasteiger partial charge >= 0.3 is 5.69 Å². The predicted octanol–water partition coefficient (Wildman–Crippen LogP) is 1.45. The molecule has 1 aromatic carbocycles. The highest BCUT2D eigenvalue weighted by Gasteiger charge is 2.16. The van der Waals surface area contributed by atoms with Crippen molar-refractivity contribution >= 4 is 16.9 Å². The van der Waals surface area contributed by atoms with E-state index in [4.69, 9.17) is 0 Å². The Morgan fingerprint density at radius 1 is 1.23 bits per heavy atom. The molecule has 0 aliphatic carbocycles. The number of amides is 1. The van der Waals surface area contributed by atoms with E-state index in [1.165, 1.54) is 0 Å². The van der Waals surface area contributed by atoms with Crippen LogP contribution in [0, 0.1) is 5.92 Å². The Labute approximate surface area is 129 Å². The number of hydrogen-bond acceptors (Lipinski definition) is 3. The van der Waals surface area contributed by atoms with Crippen LogP contribution < -0.4 is 11.0 Å². The maximum absolute atomic E-state index is 12.1. The van der Waals surface area contributed by atoms with E-state index >= 15 is 0 Å². The van der Waals surface area contributed by atoms with Crippen molar-refractivity contribution < 1.29 is 4.79 Å². The van der Waals surface area contributed by atoms with E-state index in [-0.39, 0.29) is 17.5 Å². The highest BCUT2D eigenvalue weighted by Crippen LogP contribution is 2.10. The van der Waals surface area contributed by atoms with Crippen molar-refractivity contribution in [2.75, 3.05) is 13.6 Å². The lowest BCUT2D eigenvalue weighted by molar-refractivity contribution is -0.125. The number of imidazole rings is 1. The van der Waals surface area contributed by atoms with E-state index in [2.05, 4.69) is 34.0 Å². The SMILES string of the molecule is CC(C)N(C)C[C@@H](C)C(=O)NCc1ccc2[nH]c(=O)[nH]c2c1. The van der Waals surface area contributed by atoms with E-state index in [1.807, 2.05) is 32.2 Å². The summed E-state index contributed by atoms with van der Waals surface area (Å²) in [7, 11) is 2.02. The van der Waals surface area contributed by atoms with Crippen LogP contribution in [0.1, 0.15) is 26.3 Å². The van der Waals surface area contributed by atoms with Crippen LogP contribution in [0.2, 0.25) is 0 Å². The topological polar surface area (TPSA) is 81.0 Å². The smallest absolute Gasteiger partial charge is 0.323 e. The van der Waals surface area contributed by atoms with Gasteiger partial charge in [0.25, 0.3) is 0 Å². The Morgan fingerprint density at radius 2 is 1.91 bits per heavy atom. The molecule has 0 saturated carbocycles. The van der Waals surface area contributed by atoms with Crippen molar-refractivity contribution in [1.82, 2.24) is 20.2 Å². The first-order valence-electron chi connectivity index (χ1n) is 7.55. The summed E-state index contributed by atoms with van der Waals surface area (Å²) in [5, 5.41) is 2.95. The number of hydrogen-bond donors (Lipinski definition) is 3. The van der Waals surface area contributed by atoms with Gasteiger partial charge in [0.15, 0.2) is 0 Å². The van der Waals surface area contributed by atoms with Gasteiger partial charge in [0.2, 0.25) is 5.91 Å². The molecule has 6 heteroatoms. The van der Waals surface area contributed by atoms with Gasteiger partial charge in [0.1, 0.15) is 0 Å². The first-order chi connectivity index (χ1) is 10.4. The maximum Gasteiger partial charge on any atom is 0.323 e. The van der Waals surface area contributed by atoms with Gasteiger partial charge < -0.3 is 20.2 Å². The second-order valence-electron chi connectivity index (χ2n) is 6.11. The second-order valence-corrected chi connectivity index (χ2v) is 6.11. The maximum atomic E-state index is 12.1. The number of carbonyl (C=O) groups excluding carboxylic acids is 1. The standard InChI is InChI=1S/C16H24N4O2/c1-10(2)20(4)9-11(3)15(21)17-8-12-5-6-13-14(7-12)19-16(22)18-13/h5-7,10-11H,8-9H2,1-4H3,(H,17,21)(H2,18,19,22)/t11-/m1/s1. The molecule has 2 rings (SSSR count). The fourth-order valence-electron chi connectivity index (χ4n) is 2.28. The third-order valence-corrected chi connectivity index (χ3v) is 3.94. The van der Waals surface area contributed by atoms with E-state index in [9.17, 15) is 9.59 Å². The van der Waals surface area contributed by atoms with Gasteiger partial charge in [0.05, 0.1) is 11.0 Å². The molecule has 1 atom stereocenters. The van der Waals surface area contributed by atoms with E-state index in [0.29, 0.717) is 12.6 Å². The molecule has 0 aliphatic heterocycles. The molecule has 22 heavy (non-hydrogen) atoms. The number of fused-ring (bicyclic) bond motifs is 1. The fraction of sp³-hybridized carbons (Fsp3) is 0.500. The van der Waals surface area contributed by atoms with Crippen molar-refractivity contribution in [2.45, 2.75) is 33.4 Å². The summed E-state index contributed by atoms with van der Waals surface area (Å²) in [5.74, 6) is -0.0293. The van der Waals surface area contributed by atoms with E-state index < -0.39 is 0 Å². The van der Waals surface area contributed by atoms with Crippen LogP contribution in [0.3, 0.4) is 0 Å². The monoisotopic (exact) mass is 304 g/mol. The summed E-state index contributed by atoms with van der Waals surface area (Å²) in [6, 6.07) is 6.03. The molecule has 6 nitrogen and oxygen atoms in total. The van der Waals surface area contributed by atoms with Gasteiger partial charge in [-0.3, -0.25) is 4.79 Å². The average molecular weight is 304 g/mol. The zero-order valence-electron chi connectivity index (χ0n) is 13.6. The Bertz CT molecular complexity index is 701. The summed E-state index contributed by atoms with van der Waals surface area (Å²) >= 11 is 0. The molecule has 3 N–H and O–H groups in total. The Hall–Kier alpha value is -2.08. The molecule has 0 unspecified atom stereocenters. The third kappa shape index (κ3) is 3.98. The predicted molar refractivity (Wildman–Crippen MR) is 87.7 cm³/mol. The van der Waals surface area contributed by atoms with Crippen molar-refractivity contribution in [2.24, 2.45) is 5.92 Å². The van der Waals surface area contributed by atoms with Crippen molar-refractivity contribution in [3.63, 3.8) is 0 Å². The number of benzene rings is 1. The third-order valence-electron chi connectivity index (χ3n) is 3.94. The molecule has 0 fully saturated rings. The lowest BCUT2D eigenvalue weighted by Crippen LogP contribution is -2.38. The Kier molecular flexibility index (Phi) is 5.03. The number of aromatic amines is 2. The van der Waals surface area contributed by atoms with E-state index in [1.54, 1.807) is 0 Å². The quantitative estimate of drug-likeness (QED) is 0.755. The second kappa shape index (κ2) is 6.79. The molecule has 1 heterocycles. The first kappa shape index (κ1) is 16.3. The van der Waals surface area contributed by atoms with Crippen molar-refractivity contribution in [1.29, 1.82) is 0 Å². The number of H-pyrrole nitrogens is 2. The van der Waals surface area contributed by atoms with Crippen LogP contribution in [0.4, 0.5) is 0 Å². The lowest BCUT2D eigenvalue weighted by atomic mass is 10.1. The van der Waals surface area contributed by atoms with Gasteiger partial charge in [-0.15, -0.1) is 0 Å². The van der Waals surface area contributed by atoms with Crippen molar-refractivity contribution in [3.8, 4) is 0 Å². The van der Waals surface area contributed by atoms with Crippen LogP contribution in [0.15, 0.2) is 23.0 Å². The molecule has 2 aromatic rings. The molecule has 1 aromatic heterocycles. The highest BCUT2D eigenvalue weighted by atomic mass is 16.2. The zero-order chi connectivity index (χ0) is 16.3. The van der Waals surface area contributed by atoms with Gasteiger partial charge in [-0.2, -0.15) is 0 Å². The zero-order valence-corrected chi connectivity index (χ0v) is 13.6. The number of rotatable bonds is 6. The Balaban J connectivity index is 1.93. The van der Waals surface area contributed by atoms with Crippen molar-refractivity contribution in [3.05, 3.63) is 34.2 Å². The molecule has 1 amide bonds. The number of aromatic nitrogens is 2. The molecular formula is C16H24N4O2. The molecule has 0 aliphatic rings. The van der Waals surface area contributed by atoms with Gasteiger partial charge in [-0.25, -0.2) is 4.79 Å². The minimum atomic E-state index is -0.221. The molecule has 0 spiro atoms. The van der Waals surface area contributed by atoms with E-state index in [0.717, 1.165) is 23.1 Å². The lowest BCUT2D eigenvalue weighted by Gasteiger charge is -2.24. The van der Waals surface area contributed by atoms with Gasteiger partial charge in [-0.05, 0) is 38.6 Å². The molecule has 0 radical (unpaired) electrons.